The summed E-state index contributed by atoms with van der Waals surface area (Å²) in [4.78, 5) is 159. The molecule has 12 aromatic carbocycles. The molecule has 8 aliphatic rings. The smallest absolute Gasteiger partial charge is 0.419 e. The van der Waals surface area contributed by atoms with Crippen LogP contribution < -0.4 is 137 Å². The molecule has 0 amide bonds. The zero-order valence-corrected chi connectivity index (χ0v) is 81.2. The number of hydrogen-bond acceptors (Lipinski definition) is 30. The lowest BCUT2D eigenvalue weighted by Crippen LogP contribution is -2.39. The molecule has 28 rings (SSSR count). The number of aromatic nitrogens is 12. The van der Waals surface area contributed by atoms with Crippen LogP contribution in [0.25, 0.3) is 88.5 Å². The second-order valence-electron chi connectivity index (χ2n) is 34.0. The molecule has 144 heavy (non-hydrogen) atoms. The van der Waals surface area contributed by atoms with Gasteiger partial charge in [0.2, 0.25) is 0 Å². The van der Waals surface area contributed by atoms with Gasteiger partial charge in [0.1, 0.15) is 129 Å². The minimum absolute atomic E-state index is 0.0818. The molecule has 0 fully saturated rings. The van der Waals surface area contributed by atoms with E-state index in [1.54, 1.807) is 163 Å². The van der Waals surface area contributed by atoms with Crippen molar-refractivity contribution < 1.29 is 55.6 Å². The lowest BCUT2D eigenvalue weighted by Gasteiger charge is -2.22. The van der Waals surface area contributed by atoms with Crippen LogP contribution in [-0.4, -0.2) is 54.8 Å². The number of imidazole rings is 2. The second-order valence-corrected chi connectivity index (χ2v) is 37.0. The largest absolute Gasteiger partial charge is 0.451 e. The van der Waals surface area contributed by atoms with Crippen LogP contribution in [0, 0.1) is 0 Å². The van der Waals surface area contributed by atoms with Gasteiger partial charge in [0.15, 0.2) is 114 Å². The SMILES string of the molecule is Cn1c(=O)c(=O)n(C)c2cc3c(cc21)N=c1c(Cl)c2c(c(Cl)c1O3)=Nc1cc3c(cc1O2)n(C)c(=O)c(=O)n3C.Cn1c(=O)n(C)c2cc3c(cc21)N=c1c(Cl)c2c(c(Cl)c1O3)=Nc1cc3c(cc1O2)n(C)c(=O)n3C.Cn1c(=O)oc2cc3c(cc21)N=c1c(Cl)c2c(c(Cl)c1O3)=Nc1cc3c(cc1O2)oc(=O)n3C.Cn1c(=O)oc2cc3c(cc21)Oc1c(Cl)c2c(c(Cl)c1=N3)Oc1cc3c(cc1N=2)oc(=O)n3C. The fraction of sp³-hybridized carbons (Fsp3) is 0.128. The Bertz CT molecular complexity index is 10400. The Morgan fingerprint density at radius 3 is 0.535 bits per heavy atom. The molecule has 0 N–H and O–H groups in total. The summed E-state index contributed by atoms with van der Waals surface area (Å²) >= 11 is 53.8. The average Bonchev–Trinajstić information content (AvgIpc) is 1.55. The van der Waals surface area contributed by atoms with Gasteiger partial charge in [-0.3, -0.25) is 55.7 Å². The molecule has 0 saturated heterocycles. The molecule has 0 radical (unpaired) electrons. The van der Waals surface area contributed by atoms with E-state index in [0.717, 1.165) is 0 Å². The first kappa shape index (κ1) is 88.7. The Morgan fingerprint density at radius 2 is 0.326 bits per heavy atom. The van der Waals surface area contributed by atoms with E-state index in [2.05, 4.69) is 30.0 Å². The molecule has 42 nitrogen and oxygen atoms in total. The number of rotatable bonds is 0. The van der Waals surface area contributed by atoms with Crippen molar-refractivity contribution >= 4 is 227 Å². The Morgan fingerprint density at radius 1 is 0.181 bits per heavy atom. The maximum absolute atomic E-state index is 12.4. The number of fused-ring (bicyclic) bond motifs is 24. The number of benzene rings is 12. The van der Waals surface area contributed by atoms with Gasteiger partial charge in [-0.25, -0.2) is 68.7 Å². The highest BCUT2D eigenvalue weighted by atomic mass is 35.5. The molecular formula is C94H52Cl8N20O22. The number of aryl methyl sites for hydroxylation is 12. The quantitative estimate of drug-likeness (QED) is 0.127. The lowest BCUT2D eigenvalue weighted by atomic mass is 10.1. The number of halogens is 8. The van der Waals surface area contributed by atoms with E-state index < -0.39 is 45.3 Å². The molecule has 716 valence electrons. The van der Waals surface area contributed by atoms with Gasteiger partial charge in [0.25, 0.3) is 0 Å². The summed E-state index contributed by atoms with van der Waals surface area (Å²) in [5.41, 5.74) is 8.63. The van der Waals surface area contributed by atoms with E-state index in [4.69, 9.17) is 158 Å². The van der Waals surface area contributed by atoms with Gasteiger partial charge in [0, 0.05) is 145 Å². The molecule has 50 heteroatoms. The first-order valence-electron chi connectivity index (χ1n) is 42.5. The van der Waals surface area contributed by atoms with Crippen LogP contribution >= 0.6 is 92.8 Å². The molecule has 0 aliphatic carbocycles. The number of oxazole rings is 4. The molecular weight excluding hydrogens is 2040 g/mol. The van der Waals surface area contributed by atoms with E-state index in [-0.39, 0.29) is 130 Å². The fourth-order valence-electron chi connectivity index (χ4n) is 18.0. The van der Waals surface area contributed by atoms with Gasteiger partial charge < -0.3 is 73.8 Å². The minimum atomic E-state index is -0.682. The molecule has 0 bridgehead atoms. The molecule has 20 aromatic rings. The Hall–Kier alpha value is -16.7. The minimum Gasteiger partial charge on any atom is -0.451 e. The maximum atomic E-state index is 12.4. The molecule has 0 unspecified atom stereocenters. The molecule has 0 atom stereocenters. The number of hydrogen-bond donors (Lipinski definition) is 0. The summed E-state index contributed by atoms with van der Waals surface area (Å²) in [5, 5.41) is 3.15. The first-order valence-corrected chi connectivity index (χ1v) is 45.5. The molecule has 8 aromatic heterocycles. The molecule has 0 spiro atoms. The third kappa shape index (κ3) is 12.6. The Kier molecular flexibility index (Phi) is 19.0. The maximum Gasteiger partial charge on any atom is 0.419 e. The van der Waals surface area contributed by atoms with Gasteiger partial charge in [0.05, 0.1) is 66.2 Å². The van der Waals surface area contributed by atoms with Crippen molar-refractivity contribution in [3.63, 3.8) is 0 Å². The zero-order valence-electron chi connectivity index (χ0n) is 75.2. The molecule has 8 aliphatic heterocycles. The normalized spacial score (nSPS) is 13.2. The summed E-state index contributed by atoms with van der Waals surface area (Å²) in [6, 6.07) is 26.4. The predicted octanol–water partition coefficient (Wildman–Crippen LogP) is 13.7. The first-order chi connectivity index (χ1) is 68.7. The van der Waals surface area contributed by atoms with Gasteiger partial charge in [-0.2, -0.15) is 0 Å². The van der Waals surface area contributed by atoms with Crippen LogP contribution in [0.5, 0.6) is 92.0 Å². The van der Waals surface area contributed by atoms with Crippen LogP contribution in [0.2, 0.25) is 40.2 Å². The van der Waals surface area contributed by atoms with Crippen LogP contribution in [-0.2, 0) is 84.6 Å². The van der Waals surface area contributed by atoms with Gasteiger partial charge in [-0.1, -0.05) is 92.8 Å². The summed E-state index contributed by atoms with van der Waals surface area (Å²) < 4.78 is 86.3. The Labute approximate surface area is 832 Å². The van der Waals surface area contributed by atoms with E-state index in [1.165, 1.54) is 73.9 Å². The lowest BCUT2D eigenvalue weighted by molar-refractivity contribution is 0.450. The van der Waals surface area contributed by atoms with E-state index in [9.17, 15) is 47.9 Å². The number of ether oxygens (including phenoxy) is 8. The van der Waals surface area contributed by atoms with Crippen LogP contribution in [0.1, 0.15) is 0 Å². The van der Waals surface area contributed by atoms with Crippen molar-refractivity contribution in [2.75, 3.05) is 0 Å². The molecule has 16 heterocycles. The highest BCUT2D eigenvalue weighted by molar-refractivity contribution is 6.37. The average molecular weight is 2100 g/mol. The van der Waals surface area contributed by atoms with Crippen molar-refractivity contribution in [1.29, 1.82) is 0 Å². The van der Waals surface area contributed by atoms with Gasteiger partial charge in [-0.05, 0) is 36.4 Å². The Balaban J connectivity index is 0.000000101. The van der Waals surface area contributed by atoms with Crippen molar-refractivity contribution in [3.05, 3.63) is 285 Å². The summed E-state index contributed by atoms with van der Waals surface area (Å²) in [6.07, 6.45) is 0. The summed E-state index contributed by atoms with van der Waals surface area (Å²) in [6.45, 7) is 0. The van der Waals surface area contributed by atoms with Crippen molar-refractivity contribution in [2.45, 2.75) is 0 Å². The van der Waals surface area contributed by atoms with E-state index >= 15 is 0 Å². The van der Waals surface area contributed by atoms with Gasteiger partial charge in [-0.15, -0.1) is 0 Å². The zero-order chi connectivity index (χ0) is 100. The van der Waals surface area contributed by atoms with E-state index in [1.807, 2.05) is 0 Å². The van der Waals surface area contributed by atoms with Gasteiger partial charge >= 0.3 is 56.6 Å². The van der Waals surface area contributed by atoms with Crippen molar-refractivity contribution in [1.82, 2.24) is 54.8 Å². The van der Waals surface area contributed by atoms with Crippen LogP contribution in [0.3, 0.4) is 0 Å². The second kappa shape index (κ2) is 30.9. The topological polar surface area (TPSA) is 455 Å². The highest BCUT2D eigenvalue weighted by Crippen LogP contribution is 2.52. The van der Waals surface area contributed by atoms with Crippen molar-refractivity contribution in [3.8, 4) is 92.0 Å². The van der Waals surface area contributed by atoms with E-state index in [0.29, 0.717) is 191 Å². The third-order valence-corrected chi connectivity index (χ3v) is 28.7. The van der Waals surface area contributed by atoms with Crippen LogP contribution in [0.15, 0.2) is 203 Å². The standard InChI is InChI=1S/C26H16Cl2N6O6.C24H16Cl2N6O4.2C22H10Cl2N4O6/c1-31-11-5-9-15(7-13(11)33(3)25(37)23(31)35)39-21-18(28)20-22(17(27)19(21)29-9)40-16-8-14-12(6-10(16)30-20)32(2)24(36)26(38)34(14)4;1-29-11-5-9-15(7-13(11)31(3)23(29)33)35-21-18(26)20-22(17(25)19(21)27-9)36-16-8-14-12(6-10(16)28-20)30(2)24(34)32(14)4;1-27-9-5-11-7(3-13(9)33-21(27)29)25-17-16(24)20-18(15(23)19(17)31-11)26-8-4-14-10(6-12(8)32-20)28(2)22(30)34-14;1-27-9-3-7-11(5-13(9)33-21(27)29)31-19-16(24)18-20(15(23)17(19)25-7)32-12-6-14-10(4-8(12)26-18)28(2)22(30)34-14/h5-8H,1-4H3;5-8H,1-4H3;2*3-6H,1-2H3. The molecule has 0 saturated carbocycles. The fourth-order valence-corrected chi connectivity index (χ4v) is 20.1. The van der Waals surface area contributed by atoms with Crippen molar-refractivity contribution in [2.24, 2.45) is 125 Å². The summed E-state index contributed by atoms with van der Waals surface area (Å²) in [5.74, 6) is 2.46. The third-order valence-electron chi connectivity index (χ3n) is 25.9. The number of nitrogens with zero attached hydrogens (tertiary/aromatic N) is 20. The predicted molar refractivity (Wildman–Crippen MR) is 524 cm³/mol. The summed E-state index contributed by atoms with van der Waals surface area (Å²) in [7, 11) is 19.1. The monoisotopic (exact) mass is 2090 g/mol. The van der Waals surface area contributed by atoms with Crippen LogP contribution in [0.4, 0.5) is 45.5 Å². The highest BCUT2D eigenvalue weighted by Gasteiger charge is 2.37.